The van der Waals surface area contributed by atoms with Crippen LogP contribution in [0.25, 0.3) is 0 Å². The van der Waals surface area contributed by atoms with Crippen LogP contribution in [0.2, 0.25) is 0 Å². The maximum atomic E-state index is 12.2. The Morgan fingerprint density at radius 2 is 2.00 bits per heavy atom. The van der Waals surface area contributed by atoms with E-state index in [4.69, 9.17) is 5.11 Å². The molecule has 1 aliphatic carbocycles. The SMILES string of the molecule is CC(C)c1cc(NC(=O)[C@@H]2CC=CC[C@@H]2C(=O)O)n[nH]1. The van der Waals surface area contributed by atoms with Gasteiger partial charge in [-0.25, -0.2) is 0 Å². The molecule has 6 heteroatoms. The summed E-state index contributed by atoms with van der Waals surface area (Å²) in [4.78, 5) is 23.4. The van der Waals surface area contributed by atoms with Crippen molar-refractivity contribution in [2.45, 2.75) is 32.6 Å². The van der Waals surface area contributed by atoms with Crippen molar-refractivity contribution in [3.8, 4) is 0 Å². The number of nitrogens with one attached hydrogen (secondary N) is 2. The number of aromatic amines is 1. The third-order valence-electron chi connectivity index (χ3n) is 3.56. The summed E-state index contributed by atoms with van der Waals surface area (Å²) < 4.78 is 0. The zero-order valence-corrected chi connectivity index (χ0v) is 11.6. The van der Waals surface area contributed by atoms with Crippen LogP contribution in [-0.4, -0.2) is 27.2 Å². The molecule has 0 spiro atoms. The Morgan fingerprint density at radius 1 is 1.35 bits per heavy atom. The molecule has 1 aromatic heterocycles. The number of anilines is 1. The van der Waals surface area contributed by atoms with Gasteiger partial charge in [0.2, 0.25) is 5.91 Å². The molecule has 0 saturated carbocycles. The van der Waals surface area contributed by atoms with Gasteiger partial charge in [-0.2, -0.15) is 5.10 Å². The summed E-state index contributed by atoms with van der Waals surface area (Å²) in [6.45, 7) is 4.04. The summed E-state index contributed by atoms with van der Waals surface area (Å²) in [5.74, 6) is -1.70. The van der Waals surface area contributed by atoms with Crippen molar-refractivity contribution < 1.29 is 14.7 Å². The van der Waals surface area contributed by atoms with E-state index in [2.05, 4.69) is 15.5 Å². The number of carboxylic acids is 1. The second-order valence-corrected chi connectivity index (χ2v) is 5.35. The van der Waals surface area contributed by atoms with Crippen LogP contribution < -0.4 is 5.32 Å². The van der Waals surface area contributed by atoms with E-state index < -0.39 is 17.8 Å². The predicted octanol–water partition coefficient (Wildman–Crippen LogP) is 2.14. The Balaban J connectivity index is 2.06. The quantitative estimate of drug-likeness (QED) is 0.735. The number of rotatable bonds is 4. The molecule has 0 radical (unpaired) electrons. The number of hydrogen-bond acceptors (Lipinski definition) is 3. The zero-order chi connectivity index (χ0) is 14.7. The average molecular weight is 277 g/mol. The van der Waals surface area contributed by atoms with Crippen molar-refractivity contribution in [1.82, 2.24) is 10.2 Å². The van der Waals surface area contributed by atoms with Crippen LogP contribution >= 0.6 is 0 Å². The Hall–Kier alpha value is -2.11. The first-order valence-electron chi connectivity index (χ1n) is 6.73. The summed E-state index contributed by atoms with van der Waals surface area (Å²) in [6.07, 6.45) is 4.51. The van der Waals surface area contributed by atoms with Crippen LogP contribution in [0.1, 0.15) is 38.3 Å². The Bertz CT molecular complexity index is 534. The van der Waals surface area contributed by atoms with E-state index >= 15 is 0 Å². The first kappa shape index (κ1) is 14.3. The second kappa shape index (κ2) is 5.90. The highest BCUT2D eigenvalue weighted by Gasteiger charge is 2.34. The number of hydrogen-bond donors (Lipinski definition) is 3. The molecule has 1 aromatic rings. The fourth-order valence-electron chi connectivity index (χ4n) is 2.29. The topological polar surface area (TPSA) is 95.1 Å². The van der Waals surface area contributed by atoms with Crippen molar-refractivity contribution in [3.63, 3.8) is 0 Å². The molecule has 0 fully saturated rings. The highest BCUT2D eigenvalue weighted by atomic mass is 16.4. The largest absolute Gasteiger partial charge is 0.481 e. The predicted molar refractivity (Wildman–Crippen MR) is 74.3 cm³/mol. The summed E-state index contributed by atoms with van der Waals surface area (Å²) >= 11 is 0. The summed E-state index contributed by atoms with van der Waals surface area (Å²) in [7, 11) is 0. The van der Waals surface area contributed by atoms with E-state index in [-0.39, 0.29) is 11.8 Å². The molecule has 2 rings (SSSR count). The fourth-order valence-corrected chi connectivity index (χ4v) is 2.29. The molecule has 1 aliphatic rings. The van der Waals surface area contributed by atoms with Crippen molar-refractivity contribution in [3.05, 3.63) is 23.9 Å². The van der Waals surface area contributed by atoms with Crippen LogP contribution in [0.4, 0.5) is 5.82 Å². The second-order valence-electron chi connectivity index (χ2n) is 5.35. The third-order valence-corrected chi connectivity index (χ3v) is 3.56. The number of nitrogens with zero attached hydrogens (tertiary/aromatic N) is 1. The van der Waals surface area contributed by atoms with Crippen molar-refractivity contribution in [2.24, 2.45) is 11.8 Å². The number of amides is 1. The molecule has 0 unspecified atom stereocenters. The van der Waals surface area contributed by atoms with Gasteiger partial charge in [0.25, 0.3) is 0 Å². The molecule has 20 heavy (non-hydrogen) atoms. The van der Waals surface area contributed by atoms with Gasteiger partial charge in [0.15, 0.2) is 5.82 Å². The maximum Gasteiger partial charge on any atom is 0.307 e. The van der Waals surface area contributed by atoms with Gasteiger partial charge in [0.05, 0.1) is 11.8 Å². The molecule has 0 bridgehead atoms. The van der Waals surface area contributed by atoms with Crippen molar-refractivity contribution in [2.75, 3.05) is 5.32 Å². The van der Waals surface area contributed by atoms with E-state index in [0.717, 1.165) is 5.69 Å². The Labute approximate surface area is 117 Å². The van der Waals surface area contributed by atoms with Crippen molar-refractivity contribution in [1.29, 1.82) is 0 Å². The normalized spacial score (nSPS) is 21.9. The molecule has 0 aromatic carbocycles. The number of H-pyrrole nitrogens is 1. The van der Waals surface area contributed by atoms with Gasteiger partial charge in [-0.05, 0) is 18.8 Å². The lowest BCUT2D eigenvalue weighted by Crippen LogP contribution is -2.34. The smallest absolute Gasteiger partial charge is 0.307 e. The number of carboxylic acid groups (broad SMARTS) is 1. The van der Waals surface area contributed by atoms with E-state index in [0.29, 0.717) is 18.7 Å². The lowest BCUT2D eigenvalue weighted by atomic mass is 9.82. The Morgan fingerprint density at radius 3 is 2.55 bits per heavy atom. The summed E-state index contributed by atoms with van der Waals surface area (Å²) in [6, 6.07) is 1.77. The van der Waals surface area contributed by atoms with E-state index in [9.17, 15) is 9.59 Å². The summed E-state index contributed by atoms with van der Waals surface area (Å²) in [5.41, 5.74) is 0.929. The van der Waals surface area contributed by atoms with E-state index in [1.807, 2.05) is 26.0 Å². The third kappa shape index (κ3) is 3.07. The minimum atomic E-state index is -0.931. The lowest BCUT2D eigenvalue weighted by molar-refractivity contribution is -0.146. The van der Waals surface area contributed by atoms with Crippen LogP contribution in [0, 0.1) is 11.8 Å². The minimum absolute atomic E-state index is 0.288. The molecular formula is C14H19N3O3. The molecule has 6 nitrogen and oxygen atoms in total. The van der Waals surface area contributed by atoms with Crippen LogP contribution in [0.15, 0.2) is 18.2 Å². The summed E-state index contributed by atoms with van der Waals surface area (Å²) in [5, 5.41) is 18.7. The highest BCUT2D eigenvalue weighted by molar-refractivity contribution is 5.94. The molecule has 1 amide bonds. The molecular weight excluding hydrogens is 258 g/mol. The number of aromatic nitrogens is 2. The number of aliphatic carboxylic acids is 1. The molecule has 0 saturated heterocycles. The number of carbonyl (C=O) groups is 2. The molecule has 3 N–H and O–H groups in total. The van der Waals surface area contributed by atoms with Crippen LogP contribution in [0.3, 0.4) is 0 Å². The number of carbonyl (C=O) groups excluding carboxylic acids is 1. The standard InChI is InChI=1S/C14H19N3O3/c1-8(2)11-7-12(17-16-11)15-13(18)9-5-3-4-6-10(9)14(19)20/h3-4,7-10H,5-6H2,1-2H3,(H,19,20)(H2,15,16,17,18)/t9-,10+/m1/s1. The van der Waals surface area contributed by atoms with E-state index in [1.165, 1.54) is 0 Å². The zero-order valence-electron chi connectivity index (χ0n) is 11.6. The molecule has 2 atom stereocenters. The minimum Gasteiger partial charge on any atom is -0.481 e. The average Bonchev–Trinajstić information content (AvgIpc) is 2.87. The van der Waals surface area contributed by atoms with Gasteiger partial charge in [0, 0.05) is 11.8 Å². The van der Waals surface area contributed by atoms with Gasteiger partial charge in [-0.1, -0.05) is 26.0 Å². The van der Waals surface area contributed by atoms with E-state index in [1.54, 1.807) is 6.07 Å². The Kier molecular flexibility index (Phi) is 4.22. The van der Waals surface area contributed by atoms with Crippen molar-refractivity contribution >= 4 is 17.7 Å². The van der Waals surface area contributed by atoms with Crippen LogP contribution in [-0.2, 0) is 9.59 Å². The van der Waals surface area contributed by atoms with Gasteiger partial charge < -0.3 is 10.4 Å². The van der Waals surface area contributed by atoms with Gasteiger partial charge in [-0.3, -0.25) is 14.7 Å². The molecule has 1 heterocycles. The van der Waals surface area contributed by atoms with Gasteiger partial charge in [0.1, 0.15) is 0 Å². The van der Waals surface area contributed by atoms with Crippen LogP contribution in [0.5, 0.6) is 0 Å². The highest BCUT2D eigenvalue weighted by Crippen LogP contribution is 2.27. The first-order valence-corrected chi connectivity index (χ1v) is 6.73. The molecule has 108 valence electrons. The van der Waals surface area contributed by atoms with Gasteiger partial charge >= 0.3 is 5.97 Å². The van der Waals surface area contributed by atoms with Gasteiger partial charge in [-0.15, -0.1) is 0 Å². The maximum absolute atomic E-state index is 12.2. The number of allylic oxidation sites excluding steroid dienone is 2. The molecule has 0 aliphatic heterocycles. The fraction of sp³-hybridized carbons (Fsp3) is 0.500. The lowest BCUT2D eigenvalue weighted by Gasteiger charge is -2.23. The monoisotopic (exact) mass is 277 g/mol. The first-order chi connectivity index (χ1) is 9.49.